The first-order valence-electron chi connectivity index (χ1n) is 11.7. The summed E-state index contributed by atoms with van der Waals surface area (Å²) in [6, 6.07) is 21.0. The van der Waals surface area contributed by atoms with Gasteiger partial charge in [-0.2, -0.15) is 0 Å². The summed E-state index contributed by atoms with van der Waals surface area (Å²) in [5, 5.41) is 6.05. The molecule has 0 bridgehead atoms. The van der Waals surface area contributed by atoms with Gasteiger partial charge in [0.15, 0.2) is 10.7 Å². The summed E-state index contributed by atoms with van der Waals surface area (Å²) in [4.78, 5) is 17.1. The fourth-order valence-electron chi connectivity index (χ4n) is 3.52. The molecule has 0 spiro atoms. The fraction of sp³-hybridized carbons (Fsp3) is 0.250. The Kier molecular flexibility index (Phi) is 7.77. The van der Waals surface area contributed by atoms with E-state index in [4.69, 9.17) is 21.4 Å². The molecule has 0 saturated carbocycles. The van der Waals surface area contributed by atoms with Gasteiger partial charge in [0.2, 0.25) is 5.89 Å². The lowest BCUT2D eigenvalue weighted by atomic mass is 10.0. The first-order valence-corrected chi connectivity index (χ1v) is 12.2. The van der Waals surface area contributed by atoms with Crippen LogP contribution in [0.15, 0.2) is 71.1 Å². The number of hydrogen-bond acceptors (Lipinski definition) is 5. The zero-order chi connectivity index (χ0) is 24.8. The molecule has 3 aromatic carbocycles. The van der Waals surface area contributed by atoms with Crippen LogP contribution < -0.4 is 15.4 Å². The van der Waals surface area contributed by atoms with E-state index in [0.29, 0.717) is 30.5 Å². The van der Waals surface area contributed by atoms with Crippen LogP contribution in [0, 0.1) is 0 Å². The molecule has 35 heavy (non-hydrogen) atoms. The number of oxazole rings is 1. The molecule has 0 aliphatic rings. The van der Waals surface area contributed by atoms with E-state index in [1.165, 1.54) is 5.56 Å². The summed E-state index contributed by atoms with van der Waals surface area (Å²) >= 11 is 5.29. The maximum absolute atomic E-state index is 12.4. The van der Waals surface area contributed by atoms with E-state index >= 15 is 0 Å². The van der Waals surface area contributed by atoms with E-state index in [1.807, 2.05) is 37.3 Å². The minimum absolute atomic E-state index is 0.267. The number of hydrogen-bond donors (Lipinski definition) is 2. The van der Waals surface area contributed by atoms with Crippen LogP contribution in [0.25, 0.3) is 22.6 Å². The van der Waals surface area contributed by atoms with Gasteiger partial charge in [-0.05, 0) is 84.2 Å². The Hall–Kier alpha value is -3.71. The van der Waals surface area contributed by atoms with E-state index in [9.17, 15) is 4.79 Å². The van der Waals surface area contributed by atoms with Gasteiger partial charge in [0, 0.05) is 17.7 Å². The molecule has 1 aromatic heterocycles. The van der Waals surface area contributed by atoms with Gasteiger partial charge in [0.25, 0.3) is 5.91 Å². The van der Waals surface area contributed by atoms with Crippen molar-refractivity contribution in [3.05, 3.63) is 83.4 Å². The van der Waals surface area contributed by atoms with Gasteiger partial charge in [0.05, 0.1) is 6.61 Å². The molecule has 1 amide bonds. The second-order valence-electron chi connectivity index (χ2n) is 8.61. The maximum atomic E-state index is 12.4. The van der Waals surface area contributed by atoms with Gasteiger partial charge in [-0.15, -0.1) is 0 Å². The quantitative estimate of drug-likeness (QED) is 0.288. The molecule has 0 aliphatic carbocycles. The first kappa shape index (κ1) is 24.4. The molecule has 180 valence electrons. The number of carbonyl (C=O) groups is 1. The average molecular weight is 488 g/mol. The van der Waals surface area contributed by atoms with Crippen LogP contribution in [0.3, 0.4) is 0 Å². The number of rotatable bonds is 8. The molecule has 1 heterocycles. The van der Waals surface area contributed by atoms with Crippen LogP contribution >= 0.6 is 12.2 Å². The van der Waals surface area contributed by atoms with Crippen molar-refractivity contribution in [2.24, 2.45) is 0 Å². The van der Waals surface area contributed by atoms with Gasteiger partial charge in [-0.3, -0.25) is 10.1 Å². The average Bonchev–Trinajstić information content (AvgIpc) is 3.30. The molecule has 4 rings (SSSR count). The SMILES string of the molecule is CCCOc1ccc(C(=O)NC(=S)NCc2ccc(-c3nc4cc(C(C)C)ccc4o3)cc2)cc1. The lowest BCUT2D eigenvalue weighted by molar-refractivity contribution is 0.0976. The Morgan fingerprint density at radius 2 is 1.80 bits per heavy atom. The Morgan fingerprint density at radius 1 is 1.06 bits per heavy atom. The predicted octanol–water partition coefficient (Wildman–Crippen LogP) is 6.21. The van der Waals surface area contributed by atoms with Crippen molar-refractivity contribution in [1.82, 2.24) is 15.6 Å². The van der Waals surface area contributed by atoms with Gasteiger partial charge in [-0.1, -0.05) is 39.0 Å². The molecular formula is C28H29N3O3S. The number of fused-ring (bicyclic) bond motifs is 1. The highest BCUT2D eigenvalue weighted by molar-refractivity contribution is 7.80. The van der Waals surface area contributed by atoms with Crippen LogP contribution in [-0.2, 0) is 6.54 Å². The number of benzene rings is 3. The second-order valence-corrected chi connectivity index (χ2v) is 9.02. The van der Waals surface area contributed by atoms with E-state index in [1.54, 1.807) is 24.3 Å². The van der Waals surface area contributed by atoms with Crippen LogP contribution in [0.2, 0.25) is 0 Å². The van der Waals surface area contributed by atoms with Gasteiger partial charge in [-0.25, -0.2) is 4.98 Å². The molecule has 0 unspecified atom stereocenters. The molecule has 7 heteroatoms. The first-order chi connectivity index (χ1) is 16.9. The number of nitrogens with one attached hydrogen (secondary N) is 2. The second kappa shape index (κ2) is 11.1. The largest absolute Gasteiger partial charge is 0.494 e. The van der Waals surface area contributed by atoms with Crippen molar-refractivity contribution >= 4 is 34.3 Å². The Labute approximate surface area is 210 Å². The van der Waals surface area contributed by atoms with Crippen molar-refractivity contribution in [2.75, 3.05) is 6.61 Å². The molecule has 2 N–H and O–H groups in total. The third kappa shape index (κ3) is 6.25. The number of amides is 1. The number of carbonyl (C=O) groups excluding carboxylic acids is 1. The molecule has 0 saturated heterocycles. The third-order valence-electron chi connectivity index (χ3n) is 5.55. The summed E-state index contributed by atoms with van der Waals surface area (Å²) in [5.41, 5.74) is 5.31. The van der Waals surface area contributed by atoms with Gasteiger partial charge in [0.1, 0.15) is 11.3 Å². The summed E-state index contributed by atoms with van der Waals surface area (Å²) in [5.74, 6) is 1.50. The highest BCUT2D eigenvalue weighted by Gasteiger charge is 2.11. The highest BCUT2D eigenvalue weighted by atomic mass is 32.1. The molecule has 0 radical (unpaired) electrons. The number of nitrogens with zero attached hydrogens (tertiary/aromatic N) is 1. The van der Waals surface area contributed by atoms with E-state index in [0.717, 1.165) is 34.4 Å². The zero-order valence-corrected chi connectivity index (χ0v) is 20.9. The number of aromatic nitrogens is 1. The highest BCUT2D eigenvalue weighted by Crippen LogP contribution is 2.27. The lowest BCUT2D eigenvalue weighted by Crippen LogP contribution is -2.38. The van der Waals surface area contributed by atoms with E-state index < -0.39 is 0 Å². The fourth-order valence-corrected chi connectivity index (χ4v) is 3.68. The lowest BCUT2D eigenvalue weighted by Gasteiger charge is -2.10. The van der Waals surface area contributed by atoms with Crippen LogP contribution in [0.4, 0.5) is 0 Å². The molecule has 6 nitrogen and oxygen atoms in total. The minimum Gasteiger partial charge on any atom is -0.494 e. The third-order valence-corrected chi connectivity index (χ3v) is 5.80. The van der Waals surface area contributed by atoms with Crippen LogP contribution in [0.5, 0.6) is 5.75 Å². The van der Waals surface area contributed by atoms with Crippen molar-refractivity contribution in [1.29, 1.82) is 0 Å². The molecule has 4 aromatic rings. The van der Waals surface area contributed by atoms with Crippen LogP contribution in [-0.4, -0.2) is 22.6 Å². The predicted molar refractivity (Wildman–Crippen MR) is 143 cm³/mol. The van der Waals surface area contributed by atoms with Crippen molar-refractivity contribution < 1.29 is 13.9 Å². The van der Waals surface area contributed by atoms with Gasteiger partial charge >= 0.3 is 0 Å². The number of ether oxygens (including phenoxy) is 1. The zero-order valence-electron chi connectivity index (χ0n) is 20.1. The Bertz CT molecular complexity index is 1310. The van der Waals surface area contributed by atoms with Crippen LogP contribution in [0.1, 0.15) is 54.6 Å². The topological polar surface area (TPSA) is 76.4 Å². The minimum atomic E-state index is -0.267. The summed E-state index contributed by atoms with van der Waals surface area (Å²) < 4.78 is 11.5. The van der Waals surface area contributed by atoms with Gasteiger partial charge < -0.3 is 14.5 Å². The normalized spacial score (nSPS) is 11.0. The van der Waals surface area contributed by atoms with Crippen molar-refractivity contribution in [2.45, 2.75) is 39.7 Å². The molecule has 0 aliphatic heterocycles. The smallest absolute Gasteiger partial charge is 0.257 e. The molecule has 0 fully saturated rings. The van der Waals surface area contributed by atoms with E-state index in [-0.39, 0.29) is 11.0 Å². The maximum Gasteiger partial charge on any atom is 0.257 e. The summed E-state index contributed by atoms with van der Waals surface area (Å²) in [7, 11) is 0. The Balaban J connectivity index is 1.31. The number of thiocarbonyl (C=S) groups is 1. The molecular weight excluding hydrogens is 458 g/mol. The Morgan fingerprint density at radius 3 is 2.49 bits per heavy atom. The standard InChI is InChI=1S/C28H29N3O3S/c1-4-15-33-23-12-9-20(10-13-23)26(32)31-28(35)29-17-19-5-7-21(8-6-19)27-30-24-16-22(18(2)3)11-14-25(24)34-27/h5-14,16,18H,4,15,17H2,1-3H3,(H2,29,31,32,35). The van der Waals surface area contributed by atoms with E-state index in [2.05, 4.69) is 41.6 Å². The monoisotopic (exact) mass is 487 g/mol. The molecule has 0 atom stereocenters. The summed E-state index contributed by atoms with van der Waals surface area (Å²) in [6.07, 6.45) is 0.931. The van der Waals surface area contributed by atoms with Crippen molar-refractivity contribution in [3.8, 4) is 17.2 Å². The van der Waals surface area contributed by atoms with Crippen molar-refractivity contribution in [3.63, 3.8) is 0 Å². The summed E-state index contributed by atoms with van der Waals surface area (Å²) in [6.45, 7) is 7.49.